The van der Waals surface area contributed by atoms with Crippen LogP contribution in [0.15, 0.2) is 60.1 Å². The summed E-state index contributed by atoms with van der Waals surface area (Å²) in [5, 5.41) is 10.4. The number of amides is 1. The molecule has 0 fully saturated rings. The van der Waals surface area contributed by atoms with Crippen LogP contribution in [-0.2, 0) is 16.1 Å². The third-order valence-corrected chi connectivity index (χ3v) is 4.38. The molecule has 1 aromatic heterocycles. The molecule has 0 saturated carbocycles. The molecule has 1 aromatic carbocycles. The van der Waals surface area contributed by atoms with Crippen molar-refractivity contribution in [1.29, 1.82) is 0 Å². The fourth-order valence-electron chi connectivity index (χ4n) is 3.06. The summed E-state index contributed by atoms with van der Waals surface area (Å²) in [5.74, 6) is -2.25. The Kier molecular flexibility index (Phi) is 4.84. The van der Waals surface area contributed by atoms with E-state index in [0.29, 0.717) is 5.56 Å². The Labute approximate surface area is 150 Å². The number of carbonyl (C=O) groups is 2. The summed E-state index contributed by atoms with van der Waals surface area (Å²) in [4.78, 5) is 30.7. The van der Waals surface area contributed by atoms with E-state index in [1.165, 1.54) is 29.2 Å². The normalized spacial score (nSPS) is 17.3. The van der Waals surface area contributed by atoms with Crippen LogP contribution in [0, 0.1) is 11.7 Å². The van der Waals surface area contributed by atoms with Gasteiger partial charge >= 0.3 is 0 Å². The predicted octanol–water partition coefficient (Wildman–Crippen LogP) is 3.34. The van der Waals surface area contributed by atoms with Crippen LogP contribution >= 0.6 is 0 Å². The fraction of sp³-hybridized carbons (Fsp3) is 0.250. The number of rotatable bonds is 5. The van der Waals surface area contributed by atoms with Gasteiger partial charge in [-0.1, -0.05) is 26.0 Å². The van der Waals surface area contributed by atoms with Gasteiger partial charge in [-0.05, 0) is 35.4 Å². The van der Waals surface area contributed by atoms with Crippen LogP contribution in [0.4, 0.5) is 4.39 Å². The van der Waals surface area contributed by atoms with Crippen molar-refractivity contribution in [2.75, 3.05) is 0 Å². The quantitative estimate of drug-likeness (QED) is 0.894. The molecule has 5 nitrogen and oxygen atoms in total. The average Bonchev–Trinajstić information content (AvgIpc) is 2.87. The first-order chi connectivity index (χ1) is 12.4. The van der Waals surface area contributed by atoms with E-state index in [1.807, 2.05) is 0 Å². The molecule has 0 saturated heterocycles. The highest BCUT2D eigenvalue weighted by molar-refractivity contribution is 6.09. The molecule has 3 rings (SSSR count). The van der Waals surface area contributed by atoms with Crippen LogP contribution in [-0.4, -0.2) is 26.7 Å². The van der Waals surface area contributed by atoms with E-state index in [0.717, 1.165) is 5.56 Å². The Morgan fingerprint density at radius 2 is 1.81 bits per heavy atom. The number of halogens is 1. The number of Topliss-reactive ketones (excluding diaryl/α,β-unsaturated/α-hetero) is 1. The average molecular weight is 354 g/mol. The smallest absolute Gasteiger partial charge is 0.290 e. The van der Waals surface area contributed by atoms with E-state index in [2.05, 4.69) is 4.98 Å². The molecule has 1 aliphatic heterocycles. The topological polar surface area (TPSA) is 70.5 Å². The lowest BCUT2D eigenvalue weighted by atomic mass is 9.91. The highest BCUT2D eigenvalue weighted by Crippen LogP contribution is 2.39. The lowest BCUT2D eigenvalue weighted by molar-refractivity contribution is -0.130. The molecule has 1 atom stereocenters. The lowest BCUT2D eigenvalue weighted by Crippen LogP contribution is -2.31. The number of ketones is 1. The Morgan fingerprint density at radius 1 is 1.19 bits per heavy atom. The summed E-state index contributed by atoms with van der Waals surface area (Å²) in [6, 6.07) is 8.36. The van der Waals surface area contributed by atoms with Crippen molar-refractivity contribution >= 4 is 11.7 Å². The van der Waals surface area contributed by atoms with Crippen molar-refractivity contribution in [2.24, 2.45) is 5.92 Å². The maximum Gasteiger partial charge on any atom is 0.290 e. The molecular formula is C20H19FN2O3. The minimum atomic E-state index is -0.758. The number of hydrogen-bond donors (Lipinski definition) is 1. The van der Waals surface area contributed by atoms with Gasteiger partial charge < -0.3 is 10.0 Å². The largest absolute Gasteiger partial charge is 0.503 e. The maximum atomic E-state index is 13.3. The van der Waals surface area contributed by atoms with Gasteiger partial charge in [0.25, 0.3) is 5.91 Å². The number of hydrogen-bond acceptors (Lipinski definition) is 4. The van der Waals surface area contributed by atoms with Gasteiger partial charge in [0.05, 0.1) is 11.6 Å². The molecular weight excluding hydrogens is 335 g/mol. The summed E-state index contributed by atoms with van der Waals surface area (Å²) in [7, 11) is 0. The van der Waals surface area contributed by atoms with E-state index in [1.54, 1.807) is 38.4 Å². The summed E-state index contributed by atoms with van der Waals surface area (Å²) >= 11 is 0. The van der Waals surface area contributed by atoms with Crippen molar-refractivity contribution in [3.8, 4) is 0 Å². The Hall–Kier alpha value is -3.02. The molecule has 0 radical (unpaired) electrons. The van der Waals surface area contributed by atoms with Crippen LogP contribution < -0.4 is 0 Å². The second kappa shape index (κ2) is 7.07. The summed E-state index contributed by atoms with van der Waals surface area (Å²) in [6.45, 7) is 3.61. The van der Waals surface area contributed by atoms with Crippen molar-refractivity contribution in [3.63, 3.8) is 0 Å². The fourth-order valence-corrected chi connectivity index (χ4v) is 3.06. The second-order valence-corrected chi connectivity index (χ2v) is 6.52. The minimum Gasteiger partial charge on any atom is -0.503 e. The summed E-state index contributed by atoms with van der Waals surface area (Å²) in [5.41, 5.74) is 1.44. The first-order valence-electron chi connectivity index (χ1n) is 8.32. The Balaban J connectivity index is 2.07. The number of aliphatic hydroxyl groups is 1. The molecule has 0 spiro atoms. The zero-order valence-corrected chi connectivity index (χ0v) is 14.5. The molecule has 2 aromatic rings. The van der Waals surface area contributed by atoms with Crippen LogP contribution in [0.3, 0.4) is 0 Å². The molecule has 26 heavy (non-hydrogen) atoms. The van der Waals surface area contributed by atoms with Gasteiger partial charge in [-0.25, -0.2) is 4.39 Å². The second-order valence-electron chi connectivity index (χ2n) is 6.52. The molecule has 0 bridgehead atoms. The third kappa shape index (κ3) is 3.22. The number of benzene rings is 1. The number of carbonyl (C=O) groups excluding carboxylic acids is 2. The van der Waals surface area contributed by atoms with Gasteiger partial charge in [0.15, 0.2) is 11.5 Å². The van der Waals surface area contributed by atoms with Gasteiger partial charge in [0.2, 0.25) is 0 Å². The van der Waals surface area contributed by atoms with Crippen molar-refractivity contribution in [1.82, 2.24) is 9.88 Å². The van der Waals surface area contributed by atoms with Gasteiger partial charge in [0, 0.05) is 24.9 Å². The number of pyridine rings is 1. The maximum absolute atomic E-state index is 13.3. The van der Waals surface area contributed by atoms with Crippen LogP contribution in [0.5, 0.6) is 0 Å². The van der Waals surface area contributed by atoms with E-state index in [9.17, 15) is 19.1 Å². The van der Waals surface area contributed by atoms with E-state index >= 15 is 0 Å². The molecule has 6 heteroatoms. The van der Waals surface area contributed by atoms with Crippen LogP contribution in [0.1, 0.15) is 31.0 Å². The summed E-state index contributed by atoms with van der Waals surface area (Å²) < 4.78 is 13.3. The highest BCUT2D eigenvalue weighted by Gasteiger charge is 2.43. The zero-order chi connectivity index (χ0) is 18.8. The molecule has 1 N–H and O–H groups in total. The predicted molar refractivity (Wildman–Crippen MR) is 93.4 cm³/mol. The van der Waals surface area contributed by atoms with Gasteiger partial charge in [-0.2, -0.15) is 0 Å². The molecule has 1 unspecified atom stereocenters. The van der Waals surface area contributed by atoms with Gasteiger partial charge in [0.1, 0.15) is 5.82 Å². The van der Waals surface area contributed by atoms with Crippen LogP contribution in [0.25, 0.3) is 0 Å². The molecule has 0 aliphatic carbocycles. The first kappa shape index (κ1) is 17.8. The van der Waals surface area contributed by atoms with Gasteiger partial charge in [-0.15, -0.1) is 0 Å². The number of aromatic nitrogens is 1. The Bertz CT molecular complexity index is 860. The molecule has 1 aliphatic rings. The molecule has 2 heterocycles. The first-order valence-corrected chi connectivity index (χ1v) is 8.32. The highest BCUT2D eigenvalue weighted by atomic mass is 19.1. The zero-order valence-electron chi connectivity index (χ0n) is 14.5. The number of aliphatic hydroxyl groups excluding tert-OH is 1. The summed E-state index contributed by atoms with van der Waals surface area (Å²) in [6.07, 6.45) is 3.21. The lowest BCUT2D eigenvalue weighted by Gasteiger charge is -2.27. The molecule has 1 amide bonds. The standard InChI is InChI=1S/C20H19FN2O3/c1-12(2)18(24)16-17(14-3-5-15(21)6-4-14)23(20(26)19(16)25)11-13-7-9-22-10-8-13/h3-10,12,17,25H,11H2,1-2H3. The Morgan fingerprint density at radius 3 is 2.38 bits per heavy atom. The SMILES string of the molecule is CC(C)C(=O)C1=C(O)C(=O)N(Cc2ccncc2)C1c1ccc(F)cc1. The van der Waals surface area contributed by atoms with E-state index < -0.39 is 23.5 Å². The van der Waals surface area contributed by atoms with E-state index in [4.69, 9.17) is 0 Å². The van der Waals surface area contributed by atoms with E-state index in [-0.39, 0.29) is 23.8 Å². The van der Waals surface area contributed by atoms with Gasteiger partial charge in [-0.3, -0.25) is 14.6 Å². The monoisotopic (exact) mass is 354 g/mol. The van der Waals surface area contributed by atoms with Crippen molar-refractivity contribution in [3.05, 3.63) is 77.1 Å². The third-order valence-electron chi connectivity index (χ3n) is 4.38. The number of nitrogens with zero attached hydrogens (tertiary/aromatic N) is 2. The molecule has 134 valence electrons. The van der Waals surface area contributed by atoms with Crippen molar-refractivity contribution < 1.29 is 19.1 Å². The van der Waals surface area contributed by atoms with Crippen molar-refractivity contribution in [2.45, 2.75) is 26.4 Å². The van der Waals surface area contributed by atoms with Crippen LogP contribution in [0.2, 0.25) is 0 Å². The minimum absolute atomic E-state index is 0.0608.